The molecule has 0 saturated carbocycles. The minimum Gasteiger partial charge on any atom is -0.370 e. The number of rotatable bonds is 0. The number of hydrogen-bond acceptors (Lipinski definition) is 2. The van der Waals surface area contributed by atoms with Crippen LogP contribution in [0.25, 0.3) is 0 Å². The smallest absolute Gasteiger partial charge is 0.214 e. The van der Waals surface area contributed by atoms with Gasteiger partial charge in [0, 0.05) is 6.92 Å². The molecule has 0 aliphatic carbocycles. The molecule has 3 nitrogen and oxygen atoms in total. The Kier molecular flexibility index (Phi) is 7.82. The molecule has 0 aliphatic heterocycles. The quantitative estimate of drug-likeness (QED) is 0.488. The lowest BCUT2D eigenvalue weighted by atomic mass is 10.6. The van der Waals surface area contributed by atoms with Crippen molar-refractivity contribution in [3.63, 3.8) is 0 Å². The summed E-state index contributed by atoms with van der Waals surface area (Å²) in [6.45, 7) is 4.36. The first-order chi connectivity index (χ1) is 3.46. The summed E-state index contributed by atoms with van der Waals surface area (Å²) in [4.78, 5) is 18.7. The van der Waals surface area contributed by atoms with Gasteiger partial charge in [-0.1, -0.05) is 0 Å². The third-order valence-corrected chi connectivity index (χ3v) is 0. The topological polar surface area (TPSA) is 60.2 Å². The fourth-order valence-corrected chi connectivity index (χ4v) is 0. The molecule has 0 heterocycles. The fourth-order valence-electron chi connectivity index (χ4n) is 0. The molecule has 48 valence electrons. The predicted octanol–water partition coefficient (Wildman–Crippen LogP) is 0.0869. The van der Waals surface area contributed by atoms with Crippen LogP contribution in [0.1, 0.15) is 20.8 Å². The first-order valence-electron chi connectivity index (χ1n) is 2.20. The standard InChI is InChI=1S/C3H6O.C2H5NO/c1-3(2)4;1-2(3)4/h1-2H3;1H3,(H2,3,4). The average Bonchev–Trinajstić information content (AvgIpc) is 1.25. The van der Waals surface area contributed by atoms with Crippen LogP contribution in [0.3, 0.4) is 0 Å². The van der Waals surface area contributed by atoms with E-state index in [-0.39, 0.29) is 11.7 Å². The minimum absolute atomic E-state index is 0.167. The number of nitrogens with two attached hydrogens (primary N) is 1. The summed E-state index contributed by atoms with van der Waals surface area (Å²) < 4.78 is 0. The second-order valence-corrected chi connectivity index (χ2v) is 1.52. The highest BCUT2D eigenvalue weighted by molar-refractivity contribution is 5.72. The van der Waals surface area contributed by atoms with E-state index in [2.05, 4.69) is 5.73 Å². The number of primary amides is 1. The summed E-state index contributed by atoms with van der Waals surface area (Å²) in [6.07, 6.45) is 0. The van der Waals surface area contributed by atoms with E-state index in [0.717, 1.165) is 0 Å². The van der Waals surface area contributed by atoms with Crippen LogP contribution in [0, 0.1) is 0 Å². The van der Waals surface area contributed by atoms with Gasteiger partial charge in [-0.25, -0.2) is 0 Å². The van der Waals surface area contributed by atoms with Crippen molar-refractivity contribution in [1.29, 1.82) is 0 Å². The number of hydrogen-bond donors (Lipinski definition) is 1. The van der Waals surface area contributed by atoms with Gasteiger partial charge in [0.1, 0.15) is 5.78 Å². The lowest BCUT2D eigenvalue weighted by Crippen LogP contribution is -2.01. The van der Waals surface area contributed by atoms with E-state index >= 15 is 0 Å². The molecule has 0 rings (SSSR count). The van der Waals surface area contributed by atoms with Gasteiger partial charge in [-0.3, -0.25) is 4.79 Å². The van der Waals surface area contributed by atoms with Crippen molar-refractivity contribution >= 4 is 11.7 Å². The summed E-state index contributed by atoms with van der Waals surface area (Å²) in [7, 11) is 0. The summed E-state index contributed by atoms with van der Waals surface area (Å²) in [6, 6.07) is 0. The first kappa shape index (κ1) is 10.2. The molecule has 0 atom stereocenters. The molecule has 0 aliphatic rings. The largest absolute Gasteiger partial charge is 0.370 e. The molecule has 0 aromatic carbocycles. The third kappa shape index (κ3) is 119. The van der Waals surface area contributed by atoms with Gasteiger partial charge in [0.15, 0.2) is 0 Å². The summed E-state index contributed by atoms with van der Waals surface area (Å²) >= 11 is 0. The first-order valence-corrected chi connectivity index (χ1v) is 2.20. The van der Waals surface area contributed by atoms with E-state index < -0.39 is 0 Å². The second kappa shape index (κ2) is 6.14. The Morgan fingerprint density at radius 3 is 1.12 bits per heavy atom. The number of amides is 1. The summed E-state index contributed by atoms with van der Waals surface area (Å²) in [5.74, 6) is -0.167. The van der Waals surface area contributed by atoms with Gasteiger partial charge in [-0.15, -0.1) is 0 Å². The number of Topliss-reactive ketones (excluding diaryl/α,β-unsaturated/α-hetero) is 1. The lowest BCUT2D eigenvalue weighted by Gasteiger charge is -1.60. The Hall–Kier alpha value is -0.860. The average molecular weight is 117 g/mol. The fraction of sp³-hybridized carbons (Fsp3) is 0.600. The molecule has 8 heavy (non-hydrogen) atoms. The molecule has 0 radical (unpaired) electrons. The van der Waals surface area contributed by atoms with Crippen molar-refractivity contribution < 1.29 is 9.59 Å². The maximum absolute atomic E-state index is 9.44. The lowest BCUT2D eigenvalue weighted by molar-refractivity contribution is -0.116. The van der Waals surface area contributed by atoms with Crippen molar-refractivity contribution in [2.45, 2.75) is 20.8 Å². The molecule has 0 aromatic heterocycles. The van der Waals surface area contributed by atoms with Crippen LogP contribution in [0.15, 0.2) is 0 Å². The Balaban J connectivity index is 0. The van der Waals surface area contributed by atoms with E-state index in [1.165, 1.54) is 20.8 Å². The summed E-state index contributed by atoms with van der Waals surface area (Å²) in [5.41, 5.74) is 4.47. The Morgan fingerprint density at radius 2 is 1.12 bits per heavy atom. The molecule has 0 spiro atoms. The molecule has 3 heteroatoms. The Bertz CT molecular complexity index is 68.4. The third-order valence-electron chi connectivity index (χ3n) is 0. The van der Waals surface area contributed by atoms with Crippen LogP contribution in [0.5, 0.6) is 0 Å². The molecule has 0 unspecified atom stereocenters. The normalized spacial score (nSPS) is 6.38. The zero-order valence-electron chi connectivity index (χ0n) is 5.39. The molecule has 0 aromatic rings. The van der Waals surface area contributed by atoms with Crippen molar-refractivity contribution in [3.8, 4) is 0 Å². The molecule has 0 saturated heterocycles. The maximum atomic E-state index is 9.44. The van der Waals surface area contributed by atoms with Crippen molar-refractivity contribution in [1.82, 2.24) is 0 Å². The monoisotopic (exact) mass is 117 g/mol. The van der Waals surface area contributed by atoms with Gasteiger partial charge >= 0.3 is 0 Å². The summed E-state index contributed by atoms with van der Waals surface area (Å²) in [5, 5.41) is 0. The zero-order chi connectivity index (χ0) is 7.15. The van der Waals surface area contributed by atoms with Crippen LogP contribution in [-0.4, -0.2) is 11.7 Å². The minimum atomic E-state index is -0.333. The van der Waals surface area contributed by atoms with Crippen LogP contribution >= 0.6 is 0 Å². The highest BCUT2D eigenvalue weighted by Crippen LogP contribution is 1.50. The molecule has 1 amide bonds. The van der Waals surface area contributed by atoms with Crippen LogP contribution in [-0.2, 0) is 9.59 Å². The molecular formula is C5H11NO2. The van der Waals surface area contributed by atoms with E-state index in [0.29, 0.717) is 0 Å². The van der Waals surface area contributed by atoms with Gasteiger partial charge in [-0.2, -0.15) is 0 Å². The number of carbonyl (C=O) groups is 2. The number of carbonyl (C=O) groups excluding carboxylic acids is 2. The zero-order valence-corrected chi connectivity index (χ0v) is 5.39. The van der Waals surface area contributed by atoms with Gasteiger partial charge in [0.2, 0.25) is 5.91 Å². The van der Waals surface area contributed by atoms with Crippen LogP contribution in [0.2, 0.25) is 0 Å². The van der Waals surface area contributed by atoms with Gasteiger partial charge in [0.05, 0.1) is 0 Å². The number of ketones is 1. The highest BCUT2D eigenvalue weighted by atomic mass is 16.1. The maximum Gasteiger partial charge on any atom is 0.214 e. The SMILES string of the molecule is CC(C)=O.CC(N)=O. The Labute approximate surface area is 48.9 Å². The molecule has 0 fully saturated rings. The van der Waals surface area contributed by atoms with Crippen molar-refractivity contribution in [2.75, 3.05) is 0 Å². The van der Waals surface area contributed by atoms with Gasteiger partial charge in [-0.05, 0) is 13.8 Å². The van der Waals surface area contributed by atoms with Crippen LogP contribution in [0.4, 0.5) is 0 Å². The highest BCUT2D eigenvalue weighted by Gasteiger charge is 1.62. The van der Waals surface area contributed by atoms with Crippen LogP contribution < -0.4 is 5.73 Å². The molecule has 0 bridgehead atoms. The van der Waals surface area contributed by atoms with E-state index in [1.807, 2.05) is 0 Å². The molecule has 2 N–H and O–H groups in total. The predicted molar refractivity (Wildman–Crippen MR) is 31.2 cm³/mol. The van der Waals surface area contributed by atoms with E-state index in [1.54, 1.807) is 0 Å². The van der Waals surface area contributed by atoms with Gasteiger partial charge in [0.25, 0.3) is 0 Å². The van der Waals surface area contributed by atoms with E-state index in [9.17, 15) is 9.59 Å². The Morgan fingerprint density at radius 1 is 1.12 bits per heavy atom. The molecular weight excluding hydrogens is 106 g/mol. The van der Waals surface area contributed by atoms with Crippen molar-refractivity contribution in [3.05, 3.63) is 0 Å². The van der Waals surface area contributed by atoms with Crippen molar-refractivity contribution in [2.24, 2.45) is 5.73 Å². The van der Waals surface area contributed by atoms with Gasteiger partial charge < -0.3 is 10.5 Å². The second-order valence-electron chi connectivity index (χ2n) is 1.52. The van der Waals surface area contributed by atoms with E-state index in [4.69, 9.17) is 0 Å².